The summed E-state index contributed by atoms with van der Waals surface area (Å²) in [6.07, 6.45) is 0. The Morgan fingerprint density at radius 2 is 1.65 bits per heavy atom. The van der Waals surface area contributed by atoms with Crippen molar-refractivity contribution in [1.82, 2.24) is 4.98 Å². The fourth-order valence-electron chi connectivity index (χ4n) is 3.19. The summed E-state index contributed by atoms with van der Waals surface area (Å²) < 4.78 is 1.29. The van der Waals surface area contributed by atoms with Crippen molar-refractivity contribution in [2.45, 2.75) is 13.8 Å². The molecule has 0 atom stereocenters. The topological polar surface area (TPSA) is 19.4 Å². The first-order valence-corrected chi connectivity index (χ1v) is 8.95. The van der Waals surface area contributed by atoms with Gasteiger partial charge in [-0.25, -0.2) is 4.98 Å². The number of para-hydroxylation sites is 1. The molecule has 0 unspecified atom stereocenters. The molecule has 1 saturated heterocycles. The van der Waals surface area contributed by atoms with Crippen molar-refractivity contribution < 1.29 is 0 Å². The Bertz CT molecular complexity index is 832. The van der Waals surface area contributed by atoms with Crippen LogP contribution in [0.2, 0.25) is 0 Å². The number of anilines is 2. The first kappa shape index (κ1) is 14.5. The molecule has 4 heteroatoms. The summed E-state index contributed by atoms with van der Waals surface area (Å²) in [5.74, 6) is 0. The van der Waals surface area contributed by atoms with E-state index >= 15 is 0 Å². The number of fused-ring (bicyclic) bond motifs is 1. The van der Waals surface area contributed by atoms with Gasteiger partial charge in [0.25, 0.3) is 0 Å². The second-order valence-electron chi connectivity index (χ2n) is 6.23. The Labute approximate surface area is 141 Å². The van der Waals surface area contributed by atoms with Crippen molar-refractivity contribution in [3.05, 3.63) is 53.6 Å². The second kappa shape index (κ2) is 5.85. The van der Waals surface area contributed by atoms with E-state index in [0.717, 1.165) is 36.8 Å². The maximum absolute atomic E-state index is 4.87. The van der Waals surface area contributed by atoms with Crippen molar-refractivity contribution in [2.75, 3.05) is 36.0 Å². The molecule has 1 aromatic heterocycles. The molecule has 23 heavy (non-hydrogen) atoms. The van der Waals surface area contributed by atoms with Gasteiger partial charge in [0.2, 0.25) is 0 Å². The van der Waals surface area contributed by atoms with Crippen LogP contribution in [0.1, 0.15) is 11.1 Å². The number of rotatable bonds is 2. The van der Waals surface area contributed by atoms with Crippen LogP contribution in [0.5, 0.6) is 0 Å². The standard InChI is InChI=1S/C19H21N3S/c1-14-5-3-7-16(13-14)21-9-11-22(12-10-21)19-20-18-15(2)6-4-8-17(18)23-19/h3-8,13H,9-12H2,1-2H3. The Morgan fingerprint density at radius 3 is 2.39 bits per heavy atom. The van der Waals surface area contributed by atoms with Gasteiger partial charge in [-0.2, -0.15) is 0 Å². The highest BCUT2D eigenvalue weighted by Gasteiger charge is 2.20. The molecule has 0 amide bonds. The van der Waals surface area contributed by atoms with Crippen LogP contribution in [0.25, 0.3) is 10.2 Å². The number of benzene rings is 2. The molecule has 1 aliphatic rings. The highest BCUT2D eigenvalue weighted by molar-refractivity contribution is 7.22. The summed E-state index contributed by atoms with van der Waals surface area (Å²) in [6, 6.07) is 15.2. The van der Waals surface area contributed by atoms with Gasteiger partial charge in [-0.1, -0.05) is 35.6 Å². The van der Waals surface area contributed by atoms with Gasteiger partial charge < -0.3 is 9.80 Å². The summed E-state index contributed by atoms with van der Waals surface area (Å²) in [6.45, 7) is 8.47. The molecule has 0 bridgehead atoms. The van der Waals surface area contributed by atoms with Crippen LogP contribution in [0.3, 0.4) is 0 Å². The Hall–Kier alpha value is -2.07. The van der Waals surface area contributed by atoms with Gasteiger partial charge >= 0.3 is 0 Å². The van der Waals surface area contributed by atoms with Gasteiger partial charge in [0.1, 0.15) is 0 Å². The van der Waals surface area contributed by atoms with E-state index in [0.29, 0.717) is 0 Å². The predicted octanol–water partition coefficient (Wildman–Crippen LogP) is 4.24. The van der Waals surface area contributed by atoms with Gasteiger partial charge in [-0.3, -0.25) is 0 Å². The number of nitrogens with zero attached hydrogens (tertiary/aromatic N) is 3. The number of piperazine rings is 1. The highest BCUT2D eigenvalue weighted by atomic mass is 32.1. The van der Waals surface area contributed by atoms with E-state index in [9.17, 15) is 0 Å². The second-order valence-corrected chi connectivity index (χ2v) is 7.24. The third kappa shape index (κ3) is 2.79. The van der Waals surface area contributed by atoms with E-state index in [-0.39, 0.29) is 0 Å². The molecule has 0 spiro atoms. The lowest BCUT2D eigenvalue weighted by atomic mass is 10.2. The molecule has 3 nitrogen and oxygen atoms in total. The van der Waals surface area contributed by atoms with Crippen molar-refractivity contribution in [1.29, 1.82) is 0 Å². The van der Waals surface area contributed by atoms with E-state index in [2.05, 4.69) is 66.1 Å². The predicted molar refractivity (Wildman–Crippen MR) is 100.0 cm³/mol. The minimum atomic E-state index is 1.03. The Kier molecular flexibility index (Phi) is 3.69. The lowest BCUT2D eigenvalue weighted by molar-refractivity contribution is 0.652. The smallest absolute Gasteiger partial charge is 0.186 e. The molecule has 2 heterocycles. The molecule has 1 aliphatic heterocycles. The lowest BCUT2D eigenvalue weighted by Crippen LogP contribution is -2.46. The summed E-state index contributed by atoms with van der Waals surface area (Å²) in [7, 11) is 0. The summed E-state index contributed by atoms with van der Waals surface area (Å²) in [4.78, 5) is 9.78. The zero-order valence-corrected chi connectivity index (χ0v) is 14.4. The fourth-order valence-corrected chi connectivity index (χ4v) is 4.29. The number of aromatic nitrogens is 1. The van der Waals surface area contributed by atoms with Crippen LogP contribution >= 0.6 is 11.3 Å². The molecule has 1 fully saturated rings. The lowest BCUT2D eigenvalue weighted by Gasteiger charge is -2.36. The molecule has 0 saturated carbocycles. The maximum atomic E-state index is 4.87. The van der Waals surface area contributed by atoms with Crippen LogP contribution in [0.4, 0.5) is 10.8 Å². The minimum absolute atomic E-state index is 1.03. The monoisotopic (exact) mass is 323 g/mol. The molecule has 118 valence electrons. The van der Waals surface area contributed by atoms with E-state index in [1.165, 1.54) is 21.5 Å². The van der Waals surface area contributed by atoms with E-state index in [1.807, 2.05) is 11.3 Å². The number of hydrogen-bond acceptors (Lipinski definition) is 4. The van der Waals surface area contributed by atoms with Gasteiger partial charge in [0.05, 0.1) is 10.2 Å². The quantitative estimate of drug-likeness (QED) is 0.703. The van der Waals surface area contributed by atoms with Crippen molar-refractivity contribution in [3.8, 4) is 0 Å². The van der Waals surface area contributed by atoms with E-state index in [4.69, 9.17) is 4.98 Å². The van der Waals surface area contributed by atoms with E-state index < -0.39 is 0 Å². The molecular weight excluding hydrogens is 302 g/mol. The number of aryl methyl sites for hydroxylation is 2. The van der Waals surface area contributed by atoms with Crippen molar-refractivity contribution in [3.63, 3.8) is 0 Å². The van der Waals surface area contributed by atoms with E-state index in [1.54, 1.807) is 0 Å². The van der Waals surface area contributed by atoms with Crippen LogP contribution in [-0.4, -0.2) is 31.2 Å². The Morgan fingerprint density at radius 1 is 0.913 bits per heavy atom. The van der Waals surface area contributed by atoms with Gasteiger partial charge in [0, 0.05) is 31.9 Å². The Balaban J connectivity index is 1.51. The number of hydrogen-bond donors (Lipinski definition) is 0. The first-order valence-electron chi connectivity index (χ1n) is 8.13. The molecule has 3 aromatic rings. The third-order valence-electron chi connectivity index (χ3n) is 4.53. The number of thiazole rings is 1. The first-order chi connectivity index (χ1) is 11.2. The van der Waals surface area contributed by atoms with Crippen LogP contribution in [0.15, 0.2) is 42.5 Å². The average Bonchev–Trinajstić information content (AvgIpc) is 3.01. The molecule has 2 aromatic carbocycles. The average molecular weight is 323 g/mol. The van der Waals surface area contributed by atoms with Crippen LogP contribution < -0.4 is 9.80 Å². The van der Waals surface area contributed by atoms with Crippen molar-refractivity contribution in [2.24, 2.45) is 0 Å². The zero-order chi connectivity index (χ0) is 15.8. The maximum Gasteiger partial charge on any atom is 0.186 e. The normalized spacial score (nSPS) is 15.4. The highest BCUT2D eigenvalue weighted by Crippen LogP contribution is 2.31. The van der Waals surface area contributed by atoms with Crippen LogP contribution in [0, 0.1) is 13.8 Å². The van der Waals surface area contributed by atoms with Crippen molar-refractivity contribution >= 4 is 32.4 Å². The molecule has 0 aliphatic carbocycles. The molecule has 0 radical (unpaired) electrons. The molecule has 4 rings (SSSR count). The molecular formula is C19H21N3S. The largest absolute Gasteiger partial charge is 0.368 e. The zero-order valence-electron chi connectivity index (χ0n) is 13.6. The SMILES string of the molecule is Cc1cccc(N2CCN(c3nc4c(C)cccc4s3)CC2)c1. The summed E-state index contributed by atoms with van der Waals surface area (Å²) in [5, 5.41) is 1.16. The third-order valence-corrected chi connectivity index (χ3v) is 5.61. The fraction of sp³-hybridized carbons (Fsp3) is 0.316. The summed E-state index contributed by atoms with van der Waals surface area (Å²) in [5.41, 5.74) is 5.09. The van der Waals surface area contributed by atoms with Gasteiger partial charge in [0.15, 0.2) is 5.13 Å². The minimum Gasteiger partial charge on any atom is -0.368 e. The molecule has 0 N–H and O–H groups in total. The van der Waals surface area contributed by atoms with Crippen LogP contribution in [-0.2, 0) is 0 Å². The van der Waals surface area contributed by atoms with Gasteiger partial charge in [-0.15, -0.1) is 0 Å². The van der Waals surface area contributed by atoms with Gasteiger partial charge in [-0.05, 0) is 43.2 Å². The summed E-state index contributed by atoms with van der Waals surface area (Å²) >= 11 is 1.81.